The fourth-order valence-electron chi connectivity index (χ4n) is 3.43. The molecule has 1 aromatic heterocycles. The van der Waals surface area contributed by atoms with E-state index in [9.17, 15) is 31.4 Å². The van der Waals surface area contributed by atoms with Gasteiger partial charge in [0.25, 0.3) is 0 Å². The third-order valence-electron chi connectivity index (χ3n) is 5.53. The Morgan fingerprint density at radius 2 is 1.15 bits per heavy atom. The predicted molar refractivity (Wildman–Crippen MR) is 140 cm³/mol. The second-order valence-electron chi connectivity index (χ2n) is 8.61. The molecule has 4 aromatic rings. The molecule has 0 aliphatic rings. The largest absolute Gasteiger partial charge is 0.416 e. The summed E-state index contributed by atoms with van der Waals surface area (Å²) >= 11 is 1.47. The number of aromatic nitrogens is 1. The number of hydrogen-bond acceptors (Lipinski definition) is 2. The predicted octanol–water partition coefficient (Wildman–Crippen LogP) is 8.66. The van der Waals surface area contributed by atoms with Gasteiger partial charge in [-0.1, -0.05) is 11.8 Å². The number of hydrogen-bond donors (Lipinski definition) is 0. The molecule has 0 spiro atoms. The van der Waals surface area contributed by atoms with E-state index in [1.807, 2.05) is 0 Å². The fourth-order valence-corrected chi connectivity index (χ4v) is 4.36. The standard InChI is InChI=1S/C31H18F6NOS/c1-20-16-28(14-15-29(20)39)40-19-23-17-26(12-6-21-2-8-24(9-3-21)30(32,33)34)38-27(18-23)13-7-22-4-10-25(11-5-22)31(35,36)37/h2-5,8-11,14-18H,19H2,1H3. The van der Waals surface area contributed by atoms with Crippen LogP contribution in [0.5, 0.6) is 5.75 Å². The molecule has 0 atom stereocenters. The van der Waals surface area contributed by atoms with Crippen LogP contribution in [0.2, 0.25) is 0 Å². The van der Waals surface area contributed by atoms with Crippen molar-refractivity contribution in [2.45, 2.75) is 29.9 Å². The summed E-state index contributed by atoms with van der Waals surface area (Å²) in [6.45, 7) is 1.72. The summed E-state index contributed by atoms with van der Waals surface area (Å²) in [4.78, 5) is 5.28. The second kappa shape index (κ2) is 11.8. The summed E-state index contributed by atoms with van der Waals surface area (Å²) in [5, 5.41) is 11.7. The van der Waals surface area contributed by atoms with E-state index in [4.69, 9.17) is 0 Å². The molecule has 0 saturated carbocycles. The normalized spacial score (nSPS) is 11.3. The van der Waals surface area contributed by atoms with Gasteiger partial charge in [-0.25, -0.2) is 4.98 Å². The summed E-state index contributed by atoms with van der Waals surface area (Å²) in [7, 11) is 0. The molecule has 3 aromatic carbocycles. The van der Waals surface area contributed by atoms with Crippen molar-refractivity contribution in [2.75, 3.05) is 0 Å². The molecule has 1 radical (unpaired) electrons. The molecular formula is C31H18F6NOS. The van der Waals surface area contributed by atoms with E-state index in [2.05, 4.69) is 28.7 Å². The van der Waals surface area contributed by atoms with Gasteiger partial charge in [-0.3, -0.25) is 5.11 Å². The zero-order valence-corrected chi connectivity index (χ0v) is 21.6. The summed E-state index contributed by atoms with van der Waals surface area (Å²) in [5.74, 6) is 11.7. The van der Waals surface area contributed by atoms with Gasteiger partial charge < -0.3 is 0 Å². The van der Waals surface area contributed by atoms with E-state index in [0.29, 0.717) is 33.8 Å². The monoisotopic (exact) mass is 566 g/mol. The van der Waals surface area contributed by atoms with Crippen molar-refractivity contribution in [3.05, 3.63) is 124 Å². The molecule has 2 nitrogen and oxygen atoms in total. The van der Waals surface area contributed by atoms with Gasteiger partial charge in [-0.2, -0.15) is 26.3 Å². The van der Waals surface area contributed by atoms with Crippen LogP contribution in [0.4, 0.5) is 26.3 Å². The maximum Gasteiger partial charge on any atom is 0.416 e. The van der Waals surface area contributed by atoms with Crippen molar-refractivity contribution in [3.63, 3.8) is 0 Å². The third-order valence-corrected chi connectivity index (χ3v) is 6.60. The van der Waals surface area contributed by atoms with E-state index < -0.39 is 23.5 Å². The molecule has 201 valence electrons. The Bertz CT molecular complexity index is 1540. The van der Waals surface area contributed by atoms with E-state index in [0.717, 1.165) is 34.7 Å². The Morgan fingerprint density at radius 3 is 1.57 bits per heavy atom. The van der Waals surface area contributed by atoms with E-state index >= 15 is 0 Å². The maximum atomic E-state index is 12.8. The molecule has 1 heterocycles. The molecule has 40 heavy (non-hydrogen) atoms. The fraction of sp³-hybridized carbons (Fsp3) is 0.129. The van der Waals surface area contributed by atoms with Gasteiger partial charge in [0.2, 0.25) is 0 Å². The number of pyridine rings is 1. The zero-order chi connectivity index (χ0) is 28.9. The van der Waals surface area contributed by atoms with E-state index in [1.165, 1.54) is 42.1 Å². The Hall–Kier alpha value is -4.34. The number of halogens is 6. The Labute approximate surface area is 231 Å². The molecule has 9 heteroatoms. The zero-order valence-electron chi connectivity index (χ0n) is 20.7. The van der Waals surface area contributed by atoms with Crippen LogP contribution < -0.4 is 0 Å². The highest BCUT2D eigenvalue weighted by molar-refractivity contribution is 7.98. The lowest BCUT2D eigenvalue weighted by Gasteiger charge is -2.06. The molecule has 0 amide bonds. The molecular weight excluding hydrogens is 548 g/mol. The minimum atomic E-state index is -4.45. The van der Waals surface area contributed by atoms with Gasteiger partial charge in [-0.05, 0) is 109 Å². The molecule has 0 bridgehead atoms. The average Bonchev–Trinajstić information content (AvgIpc) is 2.91. The molecule has 0 aliphatic heterocycles. The van der Waals surface area contributed by atoms with Crippen molar-refractivity contribution in [3.8, 4) is 29.4 Å². The topological polar surface area (TPSA) is 32.8 Å². The molecule has 0 N–H and O–H groups in total. The number of rotatable bonds is 3. The van der Waals surface area contributed by atoms with Crippen molar-refractivity contribution in [2.24, 2.45) is 0 Å². The molecule has 4 rings (SSSR count). The highest BCUT2D eigenvalue weighted by atomic mass is 32.2. The van der Waals surface area contributed by atoms with Crippen LogP contribution in [0.25, 0.3) is 0 Å². The van der Waals surface area contributed by atoms with Gasteiger partial charge in [0.1, 0.15) is 11.4 Å². The Balaban J connectivity index is 1.63. The highest BCUT2D eigenvalue weighted by Crippen LogP contribution is 2.30. The van der Waals surface area contributed by atoms with Gasteiger partial charge in [0, 0.05) is 21.8 Å². The summed E-state index contributed by atoms with van der Waals surface area (Å²) in [6, 6.07) is 17.3. The minimum Gasteiger partial charge on any atom is -0.290 e. The van der Waals surface area contributed by atoms with Gasteiger partial charge in [0.15, 0.2) is 5.75 Å². The van der Waals surface area contributed by atoms with Gasteiger partial charge in [-0.15, -0.1) is 11.8 Å². The van der Waals surface area contributed by atoms with Crippen LogP contribution in [0.15, 0.2) is 83.8 Å². The van der Waals surface area contributed by atoms with Crippen LogP contribution in [-0.4, -0.2) is 4.98 Å². The van der Waals surface area contributed by atoms with E-state index in [1.54, 1.807) is 31.2 Å². The first-order valence-electron chi connectivity index (χ1n) is 11.7. The molecule has 0 unspecified atom stereocenters. The first kappa shape index (κ1) is 28.7. The molecule has 0 aliphatic carbocycles. The van der Waals surface area contributed by atoms with Gasteiger partial charge in [0.05, 0.1) is 11.1 Å². The number of nitrogens with zero attached hydrogens (tertiary/aromatic N) is 1. The first-order valence-corrected chi connectivity index (χ1v) is 12.7. The Kier molecular flexibility index (Phi) is 8.46. The quantitative estimate of drug-likeness (QED) is 0.141. The second-order valence-corrected chi connectivity index (χ2v) is 9.66. The van der Waals surface area contributed by atoms with Crippen molar-refractivity contribution < 1.29 is 31.4 Å². The first-order chi connectivity index (χ1) is 18.9. The number of alkyl halides is 6. The lowest BCUT2D eigenvalue weighted by Crippen LogP contribution is -2.04. The number of aryl methyl sites for hydroxylation is 1. The van der Waals surface area contributed by atoms with Crippen molar-refractivity contribution >= 4 is 11.8 Å². The average molecular weight is 567 g/mol. The third kappa shape index (κ3) is 7.84. The van der Waals surface area contributed by atoms with Crippen LogP contribution >= 0.6 is 11.8 Å². The minimum absolute atomic E-state index is 0.0603. The lowest BCUT2D eigenvalue weighted by molar-refractivity contribution is -0.138. The molecule has 0 saturated heterocycles. The molecule has 0 fully saturated rings. The van der Waals surface area contributed by atoms with Crippen LogP contribution in [0.1, 0.15) is 44.8 Å². The van der Waals surface area contributed by atoms with Crippen molar-refractivity contribution in [1.29, 1.82) is 0 Å². The van der Waals surface area contributed by atoms with Gasteiger partial charge >= 0.3 is 12.4 Å². The number of benzene rings is 3. The van der Waals surface area contributed by atoms with Crippen LogP contribution in [-0.2, 0) is 23.2 Å². The SMILES string of the molecule is Cc1cc(SCc2cc(C#Cc3ccc(C(F)(F)F)cc3)nc(C#Cc3ccc(C(F)(F)F)cc3)c2)ccc1[O]. The Morgan fingerprint density at radius 1 is 0.675 bits per heavy atom. The van der Waals surface area contributed by atoms with Crippen LogP contribution in [0, 0.1) is 30.6 Å². The van der Waals surface area contributed by atoms with Crippen LogP contribution in [0.3, 0.4) is 0 Å². The van der Waals surface area contributed by atoms with E-state index in [-0.39, 0.29) is 5.75 Å². The maximum absolute atomic E-state index is 12.8. The van der Waals surface area contributed by atoms with Crippen molar-refractivity contribution in [1.82, 2.24) is 4.98 Å². The summed E-state index contributed by atoms with van der Waals surface area (Å²) in [5.41, 5.74) is 1.21. The smallest absolute Gasteiger partial charge is 0.290 e. The lowest BCUT2D eigenvalue weighted by atomic mass is 10.1. The summed E-state index contributed by atoms with van der Waals surface area (Å²) < 4.78 is 77.0. The highest BCUT2D eigenvalue weighted by Gasteiger charge is 2.30. The number of thioether (sulfide) groups is 1. The summed E-state index contributed by atoms with van der Waals surface area (Å²) in [6.07, 6.45) is -8.90.